The molecule has 8 heteroatoms. The number of primary amides is 1. The predicted molar refractivity (Wildman–Crippen MR) is 120 cm³/mol. The van der Waals surface area contributed by atoms with Crippen LogP contribution in [0.1, 0.15) is 54.9 Å². The summed E-state index contributed by atoms with van der Waals surface area (Å²) in [6.07, 6.45) is 1.63. The van der Waals surface area contributed by atoms with Crippen molar-refractivity contribution >= 4 is 45.6 Å². The van der Waals surface area contributed by atoms with Crippen LogP contribution in [0.2, 0.25) is 5.02 Å². The topological polar surface area (TPSA) is 87.5 Å². The molecule has 3 amide bonds. The summed E-state index contributed by atoms with van der Waals surface area (Å²) in [4.78, 5) is 28.3. The Bertz CT molecular complexity index is 954. The number of nitrogens with two attached hydrogens (primary N) is 1. The third-order valence-corrected chi connectivity index (χ3v) is 7.82. The molecule has 1 aromatic heterocycles. The van der Waals surface area contributed by atoms with E-state index < -0.39 is 11.9 Å². The summed E-state index contributed by atoms with van der Waals surface area (Å²) >= 11 is 7.30. The van der Waals surface area contributed by atoms with Gasteiger partial charge in [0.2, 0.25) is 0 Å². The first-order chi connectivity index (χ1) is 13.5. The zero-order valence-electron chi connectivity index (χ0n) is 17.4. The van der Waals surface area contributed by atoms with E-state index in [-0.39, 0.29) is 11.1 Å². The highest BCUT2D eigenvalue weighted by atomic mass is 35.5. The third kappa shape index (κ3) is 3.86. The van der Waals surface area contributed by atoms with E-state index in [1.807, 2.05) is 0 Å². The molecule has 3 rings (SSSR count). The lowest BCUT2D eigenvalue weighted by atomic mass is 9.77. The molecule has 29 heavy (non-hydrogen) atoms. The number of carbonyl (C=O) groups is 2. The second kappa shape index (κ2) is 7.63. The van der Waals surface area contributed by atoms with Crippen LogP contribution in [0.4, 0.5) is 15.5 Å². The molecule has 6 nitrogen and oxygen atoms in total. The van der Waals surface area contributed by atoms with Gasteiger partial charge in [-0.1, -0.05) is 18.5 Å². The van der Waals surface area contributed by atoms with E-state index in [2.05, 4.69) is 50.3 Å². The predicted octanol–water partition coefficient (Wildman–Crippen LogP) is 5.04. The third-order valence-electron chi connectivity index (χ3n) is 6.11. The molecule has 0 aliphatic carbocycles. The molecule has 0 spiro atoms. The zero-order valence-corrected chi connectivity index (χ0v) is 18.9. The van der Waals surface area contributed by atoms with Gasteiger partial charge < -0.3 is 11.1 Å². The first-order valence-electron chi connectivity index (χ1n) is 9.53. The molecular weight excluding hydrogens is 408 g/mol. The molecule has 0 fully saturated rings. The number of rotatable bonds is 4. The fourth-order valence-electron chi connectivity index (χ4n) is 3.96. The second-order valence-electron chi connectivity index (χ2n) is 8.21. The Morgan fingerprint density at radius 2 is 1.83 bits per heavy atom. The molecule has 0 bridgehead atoms. The fraction of sp³-hybridized carbons (Fsp3) is 0.429. The van der Waals surface area contributed by atoms with Crippen LogP contribution in [0.15, 0.2) is 24.3 Å². The van der Waals surface area contributed by atoms with Gasteiger partial charge in [0.15, 0.2) is 0 Å². The molecule has 156 valence electrons. The Labute approximate surface area is 180 Å². The van der Waals surface area contributed by atoms with Crippen LogP contribution in [0.25, 0.3) is 0 Å². The first-order valence-corrected chi connectivity index (χ1v) is 10.7. The van der Waals surface area contributed by atoms with Crippen molar-refractivity contribution in [3.63, 3.8) is 0 Å². The van der Waals surface area contributed by atoms with Crippen LogP contribution >= 0.6 is 22.9 Å². The number of thiophene rings is 1. The lowest BCUT2D eigenvalue weighted by Gasteiger charge is -2.52. The Morgan fingerprint density at radius 1 is 1.21 bits per heavy atom. The maximum Gasteiger partial charge on any atom is 0.324 e. The van der Waals surface area contributed by atoms with Crippen LogP contribution in [-0.2, 0) is 12.0 Å². The summed E-state index contributed by atoms with van der Waals surface area (Å²) in [5.41, 5.74) is 7.31. The van der Waals surface area contributed by atoms with Gasteiger partial charge in [0.25, 0.3) is 5.91 Å². The van der Waals surface area contributed by atoms with E-state index in [0.717, 1.165) is 16.9 Å². The van der Waals surface area contributed by atoms with Crippen LogP contribution < -0.4 is 16.4 Å². The van der Waals surface area contributed by atoms with E-state index in [9.17, 15) is 9.59 Å². The van der Waals surface area contributed by atoms with Crippen LogP contribution in [0, 0.1) is 0 Å². The Kier molecular flexibility index (Phi) is 5.69. The SMILES string of the molecule is CCC1(C)Cc2c(sc(NC(=O)Nc3ccc(Cl)cc3)c2C(N)=O)C(C)(C)N1C. The standard InChI is InChI=1S/C21H27ClN4O2S/c1-6-21(4)11-14-15(17(23)27)18(29-16(14)20(2,3)26(21)5)25-19(28)24-13-9-7-12(22)8-10-13/h7-10H,6,11H2,1-5H3,(H2,23,27)(H2,24,25,28). The average Bonchev–Trinajstić information content (AvgIpc) is 3.00. The minimum absolute atomic E-state index is 0.107. The number of likely N-dealkylation sites (N-methyl/N-ethyl adjacent to an activating group) is 1. The summed E-state index contributed by atoms with van der Waals surface area (Å²) in [5, 5.41) is 6.65. The number of amides is 3. The van der Waals surface area contributed by atoms with Crippen LogP contribution in [0.5, 0.6) is 0 Å². The van der Waals surface area contributed by atoms with E-state index in [1.54, 1.807) is 24.3 Å². The highest BCUT2D eigenvalue weighted by molar-refractivity contribution is 7.17. The molecule has 0 saturated heterocycles. The highest BCUT2D eigenvalue weighted by Crippen LogP contribution is 2.50. The smallest absolute Gasteiger partial charge is 0.324 e. The molecule has 0 saturated carbocycles. The van der Waals surface area contributed by atoms with Crippen molar-refractivity contribution in [1.82, 2.24) is 4.90 Å². The maximum atomic E-state index is 12.6. The number of halogens is 1. The summed E-state index contributed by atoms with van der Waals surface area (Å²) < 4.78 is 0. The molecule has 1 unspecified atom stereocenters. The number of urea groups is 1. The quantitative estimate of drug-likeness (QED) is 0.630. The number of anilines is 2. The van der Waals surface area contributed by atoms with E-state index in [1.165, 1.54) is 11.3 Å². The molecule has 2 aromatic rings. The second-order valence-corrected chi connectivity index (χ2v) is 9.67. The van der Waals surface area contributed by atoms with Gasteiger partial charge in [-0.3, -0.25) is 15.0 Å². The number of fused-ring (bicyclic) bond motifs is 1. The van der Waals surface area contributed by atoms with E-state index in [0.29, 0.717) is 27.7 Å². The molecular formula is C21H27ClN4O2S. The van der Waals surface area contributed by atoms with Crippen molar-refractivity contribution < 1.29 is 9.59 Å². The van der Waals surface area contributed by atoms with Crippen molar-refractivity contribution in [2.75, 3.05) is 17.7 Å². The minimum atomic E-state index is -0.525. The van der Waals surface area contributed by atoms with Gasteiger partial charge in [-0.2, -0.15) is 0 Å². The Hall–Kier alpha value is -2.09. The molecule has 4 N–H and O–H groups in total. The molecule has 1 aliphatic heterocycles. The molecule has 1 atom stereocenters. The van der Waals surface area contributed by atoms with E-state index >= 15 is 0 Å². The monoisotopic (exact) mass is 434 g/mol. The van der Waals surface area contributed by atoms with E-state index in [4.69, 9.17) is 17.3 Å². The number of nitrogens with one attached hydrogen (secondary N) is 2. The first kappa shape index (κ1) is 21.6. The van der Waals surface area contributed by atoms with Crippen molar-refractivity contribution in [1.29, 1.82) is 0 Å². The number of hydrogen-bond acceptors (Lipinski definition) is 4. The van der Waals surface area contributed by atoms with Crippen molar-refractivity contribution in [2.45, 2.75) is 51.6 Å². The molecule has 2 heterocycles. The summed E-state index contributed by atoms with van der Waals surface area (Å²) in [7, 11) is 2.11. The Balaban J connectivity index is 1.97. The van der Waals surface area contributed by atoms with Crippen LogP contribution in [-0.4, -0.2) is 29.4 Å². The summed E-state index contributed by atoms with van der Waals surface area (Å²) in [6, 6.07) is 6.37. The molecule has 1 aliphatic rings. The summed E-state index contributed by atoms with van der Waals surface area (Å²) in [6.45, 7) is 8.61. The molecule has 1 aromatic carbocycles. The van der Waals surface area contributed by atoms with Gasteiger partial charge >= 0.3 is 6.03 Å². The van der Waals surface area contributed by atoms with Gasteiger partial charge in [-0.05, 0) is 70.5 Å². The number of benzene rings is 1. The minimum Gasteiger partial charge on any atom is -0.365 e. The fourth-order valence-corrected chi connectivity index (χ4v) is 5.45. The van der Waals surface area contributed by atoms with Crippen molar-refractivity contribution in [3.8, 4) is 0 Å². The number of hydrogen-bond donors (Lipinski definition) is 3. The highest BCUT2D eigenvalue weighted by Gasteiger charge is 2.47. The average molecular weight is 435 g/mol. The molecule has 0 radical (unpaired) electrons. The van der Waals surface area contributed by atoms with Crippen molar-refractivity contribution in [2.24, 2.45) is 5.73 Å². The normalized spacial score (nSPS) is 20.8. The van der Waals surface area contributed by atoms with Gasteiger partial charge in [-0.15, -0.1) is 11.3 Å². The maximum absolute atomic E-state index is 12.6. The number of carbonyl (C=O) groups excluding carboxylic acids is 2. The largest absolute Gasteiger partial charge is 0.365 e. The van der Waals surface area contributed by atoms with Gasteiger partial charge in [0, 0.05) is 21.1 Å². The van der Waals surface area contributed by atoms with Gasteiger partial charge in [-0.25, -0.2) is 4.79 Å². The summed E-state index contributed by atoms with van der Waals surface area (Å²) in [5.74, 6) is -0.525. The Morgan fingerprint density at radius 3 is 2.38 bits per heavy atom. The lowest BCUT2D eigenvalue weighted by molar-refractivity contribution is 0.0153. The van der Waals surface area contributed by atoms with Crippen molar-refractivity contribution in [3.05, 3.63) is 45.3 Å². The lowest BCUT2D eigenvalue weighted by Crippen LogP contribution is -2.57. The van der Waals surface area contributed by atoms with Gasteiger partial charge in [0.05, 0.1) is 11.1 Å². The van der Waals surface area contributed by atoms with Gasteiger partial charge in [0.1, 0.15) is 5.00 Å². The number of nitrogens with zero attached hydrogens (tertiary/aromatic N) is 1. The zero-order chi connectivity index (χ0) is 21.6. The van der Waals surface area contributed by atoms with Crippen LogP contribution in [0.3, 0.4) is 0 Å².